The summed E-state index contributed by atoms with van der Waals surface area (Å²) in [5, 5.41) is 21.5. The smallest absolute Gasteiger partial charge is 0.0130 e. The second-order valence-corrected chi connectivity index (χ2v) is 20.2. The Balaban J connectivity index is 0.896. The maximum Gasteiger partial charge on any atom is 0.0130 e. The lowest BCUT2D eigenvalue weighted by molar-refractivity contribution is 0.808. The summed E-state index contributed by atoms with van der Waals surface area (Å²) in [6.45, 7) is 0. The fourth-order valence-electron chi connectivity index (χ4n) is 13.4. The molecule has 0 radical (unpaired) electrons. The molecule has 0 bridgehead atoms. The minimum atomic E-state index is 0.451. The van der Waals surface area contributed by atoms with Gasteiger partial charge in [0.2, 0.25) is 0 Å². The number of fused-ring (bicyclic) bond motifs is 12. The van der Waals surface area contributed by atoms with Gasteiger partial charge in [0.1, 0.15) is 0 Å². The lowest BCUT2D eigenvalue weighted by Gasteiger charge is -2.27. The lowest BCUT2D eigenvalue weighted by atomic mass is 9.77. The Morgan fingerprint density at radius 1 is 0.400 bits per heavy atom. The van der Waals surface area contributed by atoms with Crippen LogP contribution in [-0.4, -0.2) is 0 Å². The van der Waals surface area contributed by atoms with Crippen molar-refractivity contribution in [1.29, 1.82) is 0 Å². The minimum Gasteiger partial charge on any atom is -0.0836 e. The van der Waals surface area contributed by atoms with Gasteiger partial charge in [-0.15, -0.1) is 0 Å². The van der Waals surface area contributed by atoms with Gasteiger partial charge in [-0.25, -0.2) is 0 Å². The molecule has 0 saturated carbocycles. The van der Waals surface area contributed by atoms with Gasteiger partial charge in [-0.2, -0.15) is 0 Å². The van der Waals surface area contributed by atoms with Crippen molar-refractivity contribution in [1.82, 2.24) is 0 Å². The van der Waals surface area contributed by atoms with Crippen molar-refractivity contribution in [2.75, 3.05) is 0 Å². The number of rotatable bonds is 4. The van der Waals surface area contributed by atoms with Gasteiger partial charge < -0.3 is 0 Å². The van der Waals surface area contributed by atoms with Gasteiger partial charge in [0.25, 0.3) is 0 Å². The maximum atomic E-state index is 2.54. The molecule has 0 heteroatoms. The molecular weight excluding hydrogens is 841 g/mol. The van der Waals surface area contributed by atoms with Gasteiger partial charge in [-0.3, -0.25) is 0 Å². The Kier molecular flexibility index (Phi) is 8.97. The molecule has 70 heavy (non-hydrogen) atoms. The second-order valence-electron chi connectivity index (χ2n) is 20.2. The van der Waals surface area contributed by atoms with Crippen molar-refractivity contribution in [3.05, 3.63) is 242 Å². The molecule has 0 fully saturated rings. The Hall–Kier alpha value is -8.06. The van der Waals surface area contributed by atoms with Crippen LogP contribution < -0.4 is 20.9 Å². The molecule has 0 heterocycles. The quantitative estimate of drug-likeness (QED) is 0.122. The van der Waals surface area contributed by atoms with Crippen LogP contribution in [0.5, 0.6) is 0 Å². The van der Waals surface area contributed by atoms with Crippen LogP contribution in [-0.2, 0) is 0 Å². The third-order valence-corrected chi connectivity index (χ3v) is 16.6. The first kappa shape index (κ1) is 39.9. The molecule has 0 aliphatic heterocycles. The van der Waals surface area contributed by atoms with E-state index in [2.05, 4.69) is 212 Å². The molecule has 5 aliphatic carbocycles. The predicted molar refractivity (Wildman–Crippen MR) is 301 cm³/mol. The zero-order valence-electron chi connectivity index (χ0n) is 39.2. The van der Waals surface area contributed by atoms with Gasteiger partial charge in [0.15, 0.2) is 0 Å². The van der Waals surface area contributed by atoms with E-state index in [1.54, 1.807) is 0 Å². The average Bonchev–Trinajstić information content (AvgIpc) is 3.42. The summed E-state index contributed by atoms with van der Waals surface area (Å²) < 4.78 is 0. The highest BCUT2D eigenvalue weighted by atomic mass is 14.3. The molecule has 15 rings (SSSR count). The highest BCUT2D eigenvalue weighted by Crippen LogP contribution is 2.45. The van der Waals surface area contributed by atoms with Gasteiger partial charge in [0.05, 0.1) is 0 Å². The van der Waals surface area contributed by atoms with E-state index < -0.39 is 0 Å². The van der Waals surface area contributed by atoms with Crippen LogP contribution in [0.1, 0.15) is 78.7 Å². The summed E-state index contributed by atoms with van der Waals surface area (Å²) in [7, 11) is 0. The largest absolute Gasteiger partial charge is 0.0836 e. The van der Waals surface area contributed by atoms with Crippen molar-refractivity contribution in [3.63, 3.8) is 0 Å². The van der Waals surface area contributed by atoms with Gasteiger partial charge in [-0.05, 0) is 210 Å². The Morgan fingerprint density at radius 2 is 1.00 bits per heavy atom. The predicted octanol–water partition coefficient (Wildman–Crippen LogP) is 15.7. The van der Waals surface area contributed by atoms with Crippen LogP contribution >= 0.6 is 0 Å². The molecule has 0 spiro atoms. The fourth-order valence-corrected chi connectivity index (χ4v) is 13.4. The standard InChI is InChI=1S/C70H50/c1-3-19-51-43(15-1)31-37-49-41-65-47(39-63(49)51)17-13-29-61(65)69-57-25-9-5-21-53(57)67(54-22-6-10-26-58(54)69)45-33-35-46(36-34-45)68-55-23-7-11-27-59(55)70(60-28-12-8-24-56(60)68)62-30-14-18-48-40-64-50(42-66(48)62)38-32-44-16-2-4-20-52(44)64/h1-7,9-11,14-18,20-28,30-33,35,37-42,51H,8,12-13,19,29,34,36H2. The first-order valence-corrected chi connectivity index (χ1v) is 25.6. The number of allylic oxidation sites excluding steroid dienone is 9. The van der Waals surface area contributed by atoms with Gasteiger partial charge >= 0.3 is 0 Å². The van der Waals surface area contributed by atoms with E-state index in [-0.39, 0.29) is 0 Å². The third-order valence-electron chi connectivity index (χ3n) is 16.6. The van der Waals surface area contributed by atoms with E-state index in [4.69, 9.17) is 0 Å². The maximum absolute atomic E-state index is 2.54. The molecule has 330 valence electrons. The van der Waals surface area contributed by atoms with Gasteiger partial charge in [-0.1, -0.05) is 194 Å². The second kappa shape index (κ2) is 15.7. The van der Waals surface area contributed by atoms with Crippen LogP contribution in [0.3, 0.4) is 0 Å². The highest BCUT2D eigenvalue weighted by Gasteiger charge is 2.26. The molecule has 5 aliphatic rings. The summed E-state index contributed by atoms with van der Waals surface area (Å²) >= 11 is 0. The van der Waals surface area contributed by atoms with E-state index >= 15 is 0 Å². The van der Waals surface area contributed by atoms with E-state index in [9.17, 15) is 0 Å². The Bertz CT molecular complexity index is 4370. The van der Waals surface area contributed by atoms with E-state index in [1.807, 2.05) is 0 Å². The zero-order valence-corrected chi connectivity index (χ0v) is 39.2. The molecule has 0 nitrogen and oxygen atoms in total. The lowest BCUT2D eigenvalue weighted by Crippen LogP contribution is -2.33. The van der Waals surface area contributed by atoms with Crippen molar-refractivity contribution >= 4 is 106 Å². The normalized spacial score (nSPS) is 17.1. The van der Waals surface area contributed by atoms with Crippen LogP contribution in [0, 0.1) is 0 Å². The van der Waals surface area contributed by atoms with Crippen LogP contribution in [0.2, 0.25) is 0 Å². The number of hydrogen-bond acceptors (Lipinski definition) is 0. The summed E-state index contributed by atoms with van der Waals surface area (Å²) in [4.78, 5) is 0. The molecule has 0 N–H and O–H groups in total. The molecule has 1 unspecified atom stereocenters. The Labute approximate surface area is 407 Å². The topological polar surface area (TPSA) is 0 Å². The first-order valence-electron chi connectivity index (χ1n) is 25.6. The summed E-state index contributed by atoms with van der Waals surface area (Å²) in [5.74, 6) is 0.451. The molecule has 0 saturated heterocycles. The molecular formula is C70H50. The zero-order chi connectivity index (χ0) is 45.9. The van der Waals surface area contributed by atoms with Crippen molar-refractivity contribution < 1.29 is 0 Å². The minimum absolute atomic E-state index is 0.451. The molecule has 0 aromatic heterocycles. The highest BCUT2D eigenvalue weighted by molar-refractivity contribution is 6.18. The average molecular weight is 891 g/mol. The van der Waals surface area contributed by atoms with Crippen molar-refractivity contribution in [3.8, 4) is 11.1 Å². The van der Waals surface area contributed by atoms with Crippen molar-refractivity contribution in [2.45, 2.75) is 50.9 Å². The van der Waals surface area contributed by atoms with Crippen LogP contribution in [0.4, 0.5) is 0 Å². The molecule has 0 amide bonds. The van der Waals surface area contributed by atoms with Crippen LogP contribution in [0.25, 0.3) is 117 Å². The SMILES string of the molecule is C1=CCC2C(=C1)C=Cc1cc3c(cc12)=CCCC=3c1c2ccccc2c(C2=CC=C(c3c4c(c(-c5cccc6cc7c(ccc8ccccc87)cc56)c5ccccc35)=CCCC=4)CC2)c2ccccc12. The number of benzene rings is 10. The Morgan fingerprint density at radius 3 is 1.74 bits per heavy atom. The first-order chi connectivity index (χ1) is 34.7. The summed E-state index contributed by atoms with van der Waals surface area (Å²) in [6.07, 6.45) is 31.3. The summed E-state index contributed by atoms with van der Waals surface area (Å²) in [6, 6.07) is 58.0. The third kappa shape index (κ3) is 6.02. The van der Waals surface area contributed by atoms with Crippen LogP contribution in [0.15, 0.2) is 194 Å². The fraction of sp³-hybridized carbons (Fsp3) is 0.114. The van der Waals surface area contributed by atoms with Gasteiger partial charge in [0, 0.05) is 5.92 Å². The molecule has 10 aromatic rings. The molecule has 10 aromatic carbocycles. The van der Waals surface area contributed by atoms with E-state index in [0.29, 0.717) is 5.92 Å². The summed E-state index contributed by atoms with van der Waals surface area (Å²) in [5.41, 5.74) is 15.5. The van der Waals surface area contributed by atoms with E-state index in [1.165, 1.54) is 147 Å². The monoisotopic (exact) mass is 890 g/mol. The molecule has 1 atom stereocenters. The van der Waals surface area contributed by atoms with Crippen molar-refractivity contribution in [2.24, 2.45) is 0 Å². The number of hydrogen-bond donors (Lipinski definition) is 0. The van der Waals surface area contributed by atoms with E-state index in [0.717, 1.165) is 44.9 Å².